The van der Waals surface area contributed by atoms with Crippen molar-refractivity contribution in [3.8, 4) is 0 Å². The van der Waals surface area contributed by atoms with Crippen molar-refractivity contribution in [1.29, 1.82) is 0 Å². The Morgan fingerprint density at radius 2 is 1.95 bits per heavy atom. The van der Waals surface area contributed by atoms with Gasteiger partial charge in [-0.05, 0) is 19.8 Å². The van der Waals surface area contributed by atoms with Crippen molar-refractivity contribution in [3.63, 3.8) is 0 Å². The van der Waals surface area contributed by atoms with Crippen LogP contribution in [0, 0.1) is 12.8 Å². The molecule has 1 fully saturated rings. The first kappa shape index (κ1) is 15.9. The summed E-state index contributed by atoms with van der Waals surface area (Å²) in [5.41, 5.74) is 0.821. The molecule has 5 nitrogen and oxygen atoms in total. The molecule has 2 rings (SSSR count). The number of nitrogens with one attached hydrogen (secondary N) is 1. The topological polar surface area (TPSA) is 62.3 Å². The lowest BCUT2D eigenvalue weighted by Crippen LogP contribution is -2.42. The fraction of sp³-hybridized carbons (Fsp3) is 0.667. The third-order valence-electron chi connectivity index (χ3n) is 3.90. The first-order chi connectivity index (χ1) is 9.93. The van der Waals surface area contributed by atoms with Gasteiger partial charge >= 0.3 is 0 Å². The van der Waals surface area contributed by atoms with Gasteiger partial charge in [-0.2, -0.15) is 0 Å². The van der Waals surface area contributed by atoms with Gasteiger partial charge in [0.25, 0.3) is 5.91 Å². The van der Waals surface area contributed by atoms with Crippen LogP contribution in [0.5, 0.6) is 0 Å². The van der Waals surface area contributed by atoms with E-state index in [1.165, 1.54) is 11.3 Å². The molecular weight excluding hydrogens is 286 g/mol. The highest BCUT2D eigenvalue weighted by Crippen LogP contribution is 2.27. The Morgan fingerprint density at radius 3 is 2.43 bits per heavy atom. The molecule has 1 N–H and O–H groups in total. The third kappa shape index (κ3) is 3.43. The Bertz CT molecular complexity index is 531. The first-order valence-corrected chi connectivity index (χ1v) is 8.23. The predicted octanol–water partition coefficient (Wildman–Crippen LogP) is 2.17. The van der Waals surface area contributed by atoms with Crippen LogP contribution in [0.2, 0.25) is 0 Å². The normalized spacial score (nSPS) is 16.3. The minimum absolute atomic E-state index is 0.0350. The molecule has 0 aliphatic carbocycles. The van der Waals surface area contributed by atoms with Gasteiger partial charge in [0.2, 0.25) is 5.91 Å². The smallest absolute Gasteiger partial charge is 0.265 e. The number of nitrogens with zero attached hydrogens (tertiary/aromatic N) is 2. The SMILES string of the molecule is CNC(=O)C1CCN(C(=O)c2sc(C(C)C)nc2C)CC1. The molecule has 0 atom stereocenters. The van der Waals surface area contributed by atoms with Gasteiger partial charge in [-0.15, -0.1) is 11.3 Å². The van der Waals surface area contributed by atoms with Crippen LogP contribution in [0.1, 0.15) is 53.0 Å². The predicted molar refractivity (Wildman–Crippen MR) is 83.6 cm³/mol. The molecule has 6 heteroatoms. The molecule has 0 bridgehead atoms. The molecule has 2 heterocycles. The van der Waals surface area contributed by atoms with E-state index in [9.17, 15) is 9.59 Å². The van der Waals surface area contributed by atoms with Gasteiger partial charge in [0, 0.05) is 32.0 Å². The van der Waals surface area contributed by atoms with Crippen molar-refractivity contribution in [2.24, 2.45) is 5.92 Å². The maximum atomic E-state index is 12.6. The molecule has 1 aliphatic heterocycles. The van der Waals surface area contributed by atoms with E-state index in [-0.39, 0.29) is 17.7 Å². The Kier molecular flexibility index (Phi) is 4.98. The molecular formula is C15H23N3O2S. The summed E-state index contributed by atoms with van der Waals surface area (Å²) in [5.74, 6) is 0.521. The second-order valence-electron chi connectivity index (χ2n) is 5.80. The summed E-state index contributed by atoms with van der Waals surface area (Å²) < 4.78 is 0. The minimum atomic E-state index is 0.0350. The van der Waals surface area contributed by atoms with Crippen LogP contribution in [0.4, 0.5) is 0 Å². The average molecular weight is 309 g/mol. The molecule has 0 unspecified atom stereocenters. The maximum absolute atomic E-state index is 12.6. The summed E-state index contributed by atoms with van der Waals surface area (Å²) in [6.07, 6.45) is 1.47. The van der Waals surface area contributed by atoms with Gasteiger partial charge in [0.15, 0.2) is 0 Å². The number of likely N-dealkylation sites (tertiary alicyclic amines) is 1. The number of aryl methyl sites for hydroxylation is 1. The van der Waals surface area contributed by atoms with E-state index in [2.05, 4.69) is 24.1 Å². The minimum Gasteiger partial charge on any atom is -0.359 e. The lowest BCUT2D eigenvalue weighted by atomic mass is 9.96. The number of aromatic nitrogens is 1. The standard InChI is InChI=1S/C15H23N3O2S/c1-9(2)14-17-10(3)12(21-14)15(20)18-7-5-11(6-8-18)13(19)16-4/h9,11H,5-8H2,1-4H3,(H,16,19). The summed E-state index contributed by atoms with van der Waals surface area (Å²) in [5, 5.41) is 3.70. The molecule has 0 aromatic carbocycles. The van der Waals surface area contributed by atoms with Gasteiger partial charge in [0.05, 0.1) is 10.7 Å². The Morgan fingerprint density at radius 1 is 1.33 bits per heavy atom. The average Bonchev–Trinajstić information content (AvgIpc) is 2.88. The lowest BCUT2D eigenvalue weighted by molar-refractivity contribution is -0.125. The second kappa shape index (κ2) is 6.56. The second-order valence-corrected chi connectivity index (χ2v) is 6.83. The molecule has 21 heavy (non-hydrogen) atoms. The molecule has 0 radical (unpaired) electrons. The van der Waals surface area contributed by atoms with E-state index in [4.69, 9.17) is 0 Å². The Balaban J connectivity index is 2.04. The molecule has 1 aromatic heterocycles. The third-order valence-corrected chi connectivity index (χ3v) is 5.35. The van der Waals surface area contributed by atoms with Crippen molar-refractivity contribution in [2.45, 2.75) is 39.5 Å². The zero-order valence-electron chi connectivity index (χ0n) is 13.1. The number of carbonyl (C=O) groups excluding carboxylic acids is 2. The zero-order chi connectivity index (χ0) is 15.6. The monoisotopic (exact) mass is 309 g/mol. The van der Waals surface area contributed by atoms with Gasteiger partial charge in [-0.25, -0.2) is 4.98 Å². The van der Waals surface area contributed by atoms with E-state index in [1.54, 1.807) is 7.05 Å². The number of rotatable bonds is 3. The van der Waals surface area contributed by atoms with Crippen molar-refractivity contribution >= 4 is 23.2 Å². The molecule has 1 aromatic rings. The van der Waals surface area contributed by atoms with Crippen molar-refractivity contribution in [1.82, 2.24) is 15.2 Å². The number of hydrogen-bond acceptors (Lipinski definition) is 4. The van der Waals surface area contributed by atoms with E-state index < -0.39 is 0 Å². The van der Waals surface area contributed by atoms with Crippen LogP contribution in [0.15, 0.2) is 0 Å². The molecule has 0 saturated carbocycles. The number of piperidine rings is 1. The largest absolute Gasteiger partial charge is 0.359 e. The summed E-state index contributed by atoms with van der Waals surface area (Å²) in [7, 11) is 1.66. The van der Waals surface area contributed by atoms with Crippen LogP contribution in [-0.4, -0.2) is 41.8 Å². The quantitative estimate of drug-likeness (QED) is 0.931. The van der Waals surface area contributed by atoms with Crippen LogP contribution in [-0.2, 0) is 4.79 Å². The molecule has 2 amide bonds. The van der Waals surface area contributed by atoms with Gasteiger partial charge in [0.1, 0.15) is 4.88 Å². The number of hydrogen-bond donors (Lipinski definition) is 1. The summed E-state index contributed by atoms with van der Waals surface area (Å²) in [6.45, 7) is 7.35. The summed E-state index contributed by atoms with van der Waals surface area (Å²) in [6, 6.07) is 0. The van der Waals surface area contributed by atoms with E-state index in [0.29, 0.717) is 19.0 Å². The van der Waals surface area contributed by atoms with Crippen LogP contribution in [0.3, 0.4) is 0 Å². The highest BCUT2D eigenvalue weighted by Gasteiger charge is 2.29. The van der Waals surface area contributed by atoms with Crippen molar-refractivity contribution in [3.05, 3.63) is 15.6 Å². The molecule has 1 saturated heterocycles. The van der Waals surface area contributed by atoms with Gasteiger partial charge < -0.3 is 10.2 Å². The Labute approximate surface area is 129 Å². The van der Waals surface area contributed by atoms with Crippen LogP contribution < -0.4 is 5.32 Å². The van der Waals surface area contributed by atoms with Crippen molar-refractivity contribution < 1.29 is 9.59 Å². The molecule has 0 spiro atoms. The van der Waals surface area contributed by atoms with Crippen LogP contribution in [0.25, 0.3) is 0 Å². The van der Waals surface area contributed by atoms with E-state index in [1.807, 2.05) is 11.8 Å². The fourth-order valence-electron chi connectivity index (χ4n) is 2.56. The Hall–Kier alpha value is -1.43. The summed E-state index contributed by atoms with van der Waals surface area (Å²) >= 11 is 1.50. The zero-order valence-corrected chi connectivity index (χ0v) is 13.9. The number of thiazole rings is 1. The highest BCUT2D eigenvalue weighted by molar-refractivity contribution is 7.13. The number of carbonyl (C=O) groups is 2. The van der Waals surface area contributed by atoms with Crippen LogP contribution >= 0.6 is 11.3 Å². The number of amides is 2. The van der Waals surface area contributed by atoms with E-state index in [0.717, 1.165) is 28.4 Å². The van der Waals surface area contributed by atoms with Crippen molar-refractivity contribution in [2.75, 3.05) is 20.1 Å². The summed E-state index contributed by atoms with van der Waals surface area (Å²) in [4.78, 5) is 31.3. The highest BCUT2D eigenvalue weighted by atomic mass is 32.1. The lowest BCUT2D eigenvalue weighted by Gasteiger charge is -2.30. The van der Waals surface area contributed by atoms with Gasteiger partial charge in [-0.1, -0.05) is 13.8 Å². The fourth-order valence-corrected chi connectivity index (χ4v) is 3.59. The molecule has 1 aliphatic rings. The molecule has 116 valence electrons. The van der Waals surface area contributed by atoms with Gasteiger partial charge in [-0.3, -0.25) is 9.59 Å². The van der Waals surface area contributed by atoms with E-state index >= 15 is 0 Å². The maximum Gasteiger partial charge on any atom is 0.265 e. The first-order valence-electron chi connectivity index (χ1n) is 7.42.